The Labute approximate surface area is 96.1 Å². The highest BCUT2D eigenvalue weighted by Gasteiger charge is 2.10. The number of hydrogen-bond donors (Lipinski definition) is 0. The summed E-state index contributed by atoms with van der Waals surface area (Å²) in [6.45, 7) is 0. The van der Waals surface area contributed by atoms with E-state index in [1.807, 2.05) is 5.38 Å². The molecule has 0 fully saturated rings. The van der Waals surface area contributed by atoms with Gasteiger partial charge in [0.2, 0.25) is 5.88 Å². The molecule has 16 heavy (non-hydrogen) atoms. The molecule has 2 rings (SSSR count). The molecule has 0 saturated carbocycles. The lowest BCUT2D eigenvalue weighted by molar-refractivity contribution is 0.0987. The number of ether oxygens (including phenoxy) is 1. The summed E-state index contributed by atoms with van der Waals surface area (Å²) in [7, 11) is 1.50. The van der Waals surface area contributed by atoms with Crippen LogP contribution >= 0.6 is 11.3 Å². The van der Waals surface area contributed by atoms with Crippen LogP contribution in [0.25, 0.3) is 0 Å². The van der Waals surface area contributed by atoms with Crippen LogP contribution in [0.5, 0.6) is 5.88 Å². The highest BCUT2D eigenvalue weighted by atomic mass is 32.1. The van der Waals surface area contributed by atoms with Gasteiger partial charge in [0.15, 0.2) is 5.78 Å². The minimum atomic E-state index is -0.0925. The average molecular weight is 235 g/mol. The largest absolute Gasteiger partial charge is 0.480 e. The zero-order chi connectivity index (χ0) is 11.4. The number of aromatic nitrogens is 3. The second-order valence-corrected chi connectivity index (χ2v) is 3.97. The maximum atomic E-state index is 11.7. The molecule has 0 bridgehead atoms. The monoisotopic (exact) mass is 235 g/mol. The molecule has 0 amide bonds. The fourth-order valence-electron chi connectivity index (χ4n) is 1.15. The molecule has 2 aromatic rings. The van der Waals surface area contributed by atoms with Gasteiger partial charge in [0.05, 0.1) is 13.5 Å². The Morgan fingerprint density at radius 1 is 1.44 bits per heavy atom. The van der Waals surface area contributed by atoms with Gasteiger partial charge in [0, 0.05) is 17.6 Å². The molecule has 0 aliphatic heterocycles. The summed E-state index contributed by atoms with van der Waals surface area (Å²) in [5.41, 5.74) is 0.330. The van der Waals surface area contributed by atoms with Crippen LogP contribution in [-0.2, 0) is 6.42 Å². The average Bonchev–Trinajstić information content (AvgIpc) is 2.82. The molecule has 0 radical (unpaired) electrons. The molecule has 0 atom stereocenters. The van der Waals surface area contributed by atoms with E-state index < -0.39 is 0 Å². The molecule has 0 unspecified atom stereocenters. The van der Waals surface area contributed by atoms with Crippen LogP contribution in [0.4, 0.5) is 0 Å². The first kappa shape index (κ1) is 10.7. The normalized spacial score (nSPS) is 10.1. The van der Waals surface area contributed by atoms with Crippen LogP contribution < -0.4 is 4.74 Å². The summed E-state index contributed by atoms with van der Waals surface area (Å²) >= 11 is 1.45. The quantitative estimate of drug-likeness (QED) is 0.749. The van der Waals surface area contributed by atoms with E-state index in [1.165, 1.54) is 18.4 Å². The second kappa shape index (κ2) is 4.80. The van der Waals surface area contributed by atoms with E-state index in [-0.39, 0.29) is 12.2 Å². The van der Waals surface area contributed by atoms with Crippen LogP contribution in [0.2, 0.25) is 0 Å². The molecule has 6 heteroatoms. The Balaban J connectivity index is 2.09. The summed E-state index contributed by atoms with van der Waals surface area (Å²) in [6.07, 6.45) is 1.94. The fraction of sp³-hybridized carbons (Fsp3) is 0.200. The maximum absolute atomic E-state index is 11.7. The van der Waals surface area contributed by atoms with Gasteiger partial charge in [-0.05, 0) is 6.07 Å². The Morgan fingerprint density at radius 3 is 2.88 bits per heavy atom. The van der Waals surface area contributed by atoms with Crippen LogP contribution in [0.3, 0.4) is 0 Å². The molecule has 0 N–H and O–H groups in total. The lowest BCUT2D eigenvalue weighted by atomic mass is 10.2. The van der Waals surface area contributed by atoms with Crippen molar-refractivity contribution >= 4 is 17.1 Å². The standard InChI is InChI=1S/C10H9N3O2S/c1-15-9-3-2-7(12-13-9)8(14)6-10-11-4-5-16-10/h2-5H,6H2,1H3. The van der Waals surface area contributed by atoms with Gasteiger partial charge in [-0.15, -0.1) is 21.5 Å². The molecule has 0 saturated heterocycles. The minimum Gasteiger partial charge on any atom is -0.480 e. The van der Waals surface area contributed by atoms with E-state index in [9.17, 15) is 4.79 Å². The number of nitrogens with zero attached hydrogens (tertiary/aromatic N) is 3. The van der Waals surface area contributed by atoms with Gasteiger partial charge in [-0.2, -0.15) is 0 Å². The van der Waals surface area contributed by atoms with Crippen LogP contribution in [-0.4, -0.2) is 28.1 Å². The van der Waals surface area contributed by atoms with Crippen LogP contribution in [0, 0.1) is 0 Å². The Kier molecular flexibility index (Phi) is 3.21. The van der Waals surface area contributed by atoms with E-state index >= 15 is 0 Å². The van der Waals surface area contributed by atoms with Gasteiger partial charge in [-0.3, -0.25) is 4.79 Å². The Hall–Kier alpha value is -1.82. The minimum absolute atomic E-state index is 0.0925. The van der Waals surface area contributed by atoms with Crippen molar-refractivity contribution in [1.82, 2.24) is 15.2 Å². The van der Waals surface area contributed by atoms with E-state index in [2.05, 4.69) is 15.2 Å². The van der Waals surface area contributed by atoms with Gasteiger partial charge < -0.3 is 4.74 Å². The Bertz CT molecular complexity index is 467. The first-order chi connectivity index (χ1) is 7.79. The zero-order valence-corrected chi connectivity index (χ0v) is 9.40. The number of methoxy groups -OCH3 is 1. The van der Waals surface area contributed by atoms with Crippen LogP contribution in [0.1, 0.15) is 15.5 Å². The lowest BCUT2D eigenvalue weighted by Gasteiger charge is -1.99. The predicted molar refractivity (Wildman–Crippen MR) is 58.7 cm³/mol. The van der Waals surface area contributed by atoms with Gasteiger partial charge in [-0.25, -0.2) is 4.98 Å². The molecule has 2 aromatic heterocycles. The molecule has 0 spiro atoms. The van der Waals surface area contributed by atoms with Crippen molar-refractivity contribution in [3.05, 3.63) is 34.4 Å². The van der Waals surface area contributed by atoms with Gasteiger partial charge in [-0.1, -0.05) is 0 Å². The van der Waals surface area contributed by atoms with E-state index in [1.54, 1.807) is 18.3 Å². The summed E-state index contributed by atoms with van der Waals surface area (Å²) < 4.78 is 4.86. The highest BCUT2D eigenvalue weighted by Crippen LogP contribution is 2.09. The number of hydrogen-bond acceptors (Lipinski definition) is 6. The number of carbonyl (C=O) groups excluding carboxylic acids is 1. The number of carbonyl (C=O) groups is 1. The summed E-state index contributed by atoms with van der Waals surface area (Å²) in [6, 6.07) is 3.21. The first-order valence-corrected chi connectivity index (χ1v) is 5.47. The molecule has 0 aliphatic rings. The van der Waals surface area contributed by atoms with Crippen LogP contribution in [0.15, 0.2) is 23.7 Å². The molecular weight excluding hydrogens is 226 g/mol. The van der Waals surface area contributed by atoms with E-state index in [4.69, 9.17) is 4.74 Å². The van der Waals surface area contributed by atoms with Gasteiger partial charge >= 0.3 is 0 Å². The van der Waals surface area contributed by atoms with E-state index in [0.717, 1.165) is 5.01 Å². The summed E-state index contributed by atoms with van der Waals surface area (Å²) in [5, 5.41) is 10.1. The smallest absolute Gasteiger partial charge is 0.233 e. The first-order valence-electron chi connectivity index (χ1n) is 4.59. The molecule has 2 heterocycles. The molecule has 82 valence electrons. The van der Waals surface area contributed by atoms with Crippen molar-refractivity contribution in [3.8, 4) is 5.88 Å². The van der Waals surface area contributed by atoms with Crippen molar-refractivity contribution in [2.24, 2.45) is 0 Å². The Morgan fingerprint density at radius 2 is 2.31 bits per heavy atom. The predicted octanol–water partition coefficient (Wildman–Crippen LogP) is 1.37. The fourth-order valence-corrected chi connectivity index (χ4v) is 1.76. The van der Waals surface area contributed by atoms with Crippen molar-refractivity contribution < 1.29 is 9.53 Å². The van der Waals surface area contributed by atoms with Crippen molar-refractivity contribution in [2.75, 3.05) is 7.11 Å². The van der Waals surface area contributed by atoms with Crippen molar-refractivity contribution in [3.63, 3.8) is 0 Å². The SMILES string of the molecule is COc1ccc(C(=O)Cc2nccs2)nn1. The third kappa shape index (κ3) is 2.40. The second-order valence-electron chi connectivity index (χ2n) is 2.99. The van der Waals surface area contributed by atoms with Gasteiger partial charge in [0.1, 0.15) is 10.7 Å². The molecule has 0 aromatic carbocycles. The number of thiazole rings is 1. The third-order valence-corrected chi connectivity index (χ3v) is 2.71. The molecular formula is C10H9N3O2S. The number of rotatable bonds is 4. The third-order valence-electron chi connectivity index (χ3n) is 1.93. The number of ketones is 1. The van der Waals surface area contributed by atoms with Crippen molar-refractivity contribution in [2.45, 2.75) is 6.42 Å². The number of Topliss-reactive ketones (excluding diaryl/α,β-unsaturated/α-hetero) is 1. The highest BCUT2D eigenvalue weighted by molar-refractivity contribution is 7.09. The molecule has 0 aliphatic carbocycles. The van der Waals surface area contributed by atoms with Crippen molar-refractivity contribution in [1.29, 1.82) is 0 Å². The lowest BCUT2D eigenvalue weighted by Crippen LogP contribution is -2.07. The zero-order valence-electron chi connectivity index (χ0n) is 8.58. The van der Waals surface area contributed by atoms with E-state index in [0.29, 0.717) is 11.6 Å². The summed E-state index contributed by atoms with van der Waals surface area (Å²) in [5.74, 6) is 0.302. The van der Waals surface area contributed by atoms with Gasteiger partial charge in [0.25, 0.3) is 0 Å². The summed E-state index contributed by atoms with van der Waals surface area (Å²) in [4.78, 5) is 15.8. The molecule has 5 nitrogen and oxygen atoms in total. The maximum Gasteiger partial charge on any atom is 0.233 e. The topological polar surface area (TPSA) is 65.0 Å².